The van der Waals surface area contributed by atoms with Crippen LogP contribution >= 0.6 is 0 Å². The lowest BCUT2D eigenvalue weighted by molar-refractivity contribution is 0.0696. The average Bonchev–Trinajstić information content (AvgIpc) is 2.09. The molecule has 1 rings (SSSR count). The monoisotopic (exact) mass is 178 g/mol. The van der Waals surface area contributed by atoms with Crippen molar-refractivity contribution < 1.29 is 9.90 Å². The Morgan fingerprint density at radius 3 is 2.69 bits per heavy atom. The maximum absolute atomic E-state index is 11.1. The molecule has 0 saturated carbocycles. The lowest BCUT2D eigenvalue weighted by atomic mass is 10.2. The van der Waals surface area contributed by atoms with E-state index < -0.39 is 11.5 Å². The van der Waals surface area contributed by atoms with E-state index in [4.69, 9.17) is 10.4 Å². The zero-order valence-electron chi connectivity index (χ0n) is 6.81. The first-order chi connectivity index (χ1) is 6.06. The Labute approximate surface area is 73.5 Å². The van der Waals surface area contributed by atoms with Gasteiger partial charge < -0.3 is 9.67 Å². The molecule has 0 aliphatic rings. The topological polar surface area (TPSA) is 83.1 Å². The molecule has 5 nitrogen and oxygen atoms in total. The third kappa shape index (κ3) is 1.56. The summed E-state index contributed by atoms with van der Waals surface area (Å²) in [6, 6.07) is 3.86. The predicted octanol–water partition coefficient (Wildman–Crippen LogP) is -0.0448. The fraction of sp³-hybridized carbons (Fsp3) is 0.125. The largest absolute Gasteiger partial charge is 0.478 e. The van der Waals surface area contributed by atoms with Crippen LogP contribution in [0.2, 0.25) is 0 Å². The van der Waals surface area contributed by atoms with Crippen LogP contribution in [0.5, 0.6) is 0 Å². The Hall–Kier alpha value is -2.09. The Morgan fingerprint density at radius 1 is 1.62 bits per heavy atom. The van der Waals surface area contributed by atoms with E-state index in [1.54, 1.807) is 6.07 Å². The number of carbonyl (C=O) groups is 1. The highest BCUT2D eigenvalue weighted by atomic mass is 16.4. The van der Waals surface area contributed by atoms with Crippen LogP contribution in [0.15, 0.2) is 16.9 Å². The van der Waals surface area contributed by atoms with Gasteiger partial charge in [0.2, 0.25) is 0 Å². The van der Waals surface area contributed by atoms with E-state index in [9.17, 15) is 9.59 Å². The first-order valence-corrected chi connectivity index (χ1v) is 3.40. The van der Waals surface area contributed by atoms with Crippen molar-refractivity contribution in [3.8, 4) is 6.07 Å². The second kappa shape index (κ2) is 3.11. The number of hydrogen-bond acceptors (Lipinski definition) is 3. The fourth-order valence-corrected chi connectivity index (χ4v) is 0.865. The fourth-order valence-electron chi connectivity index (χ4n) is 0.865. The molecule has 66 valence electrons. The van der Waals surface area contributed by atoms with Gasteiger partial charge in [0.05, 0.1) is 5.56 Å². The van der Waals surface area contributed by atoms with Crippen molar-refractivity contribution in [2.24, 2.45) is 7.05 Å². The Morgan fingerprint density at radius 2 is 2.23 bits per heavy atom. The van der Waals surface area contributed by atoms with Gasteiger partial charge in [-0.25, -0.2) is 4.79 Å². The van der Waals surface area contributed by atoms with E-state index in [0.29, 0.717) is 0 Å². The van der Waals surface area contributed by atoms with Crippen LogP contribution in [0.4, 0.5) is 0 Å². The normalized spacial score (nSPS) is 9.23. The quantitative estimate of drug-likeness (QED) is 0.653. The van der Waals surface area contributed by atoms with Crippen molar-refractivity contribution in [3.05, 3.63) is 33.7 Å². The molecule has 0 spiro atoms. The molecule has 5 heteroatoms. The number of carboxylic acids is 1. The zero-order chi connectivity index (χ0) is 10.0. The number of nitriles is 1. The van der Waals surface area contributed by atoms with Gasteiger partial charge in [0.1, 0.15) is 11.8 Å². The van der Waals surface area contributed by atoms with E-state index >= 15 is 0 Å². The molecule has 0 aromatic carbocycles. The van der Waals surface area contributed by atoms with Crippen molar-refractivity contribution in [2.45, 2.75) is 0 Å². The number of aromatic carboxylic acids is 1. The van der Waals surface area contributed by atoms with Crippen LogP contribution in [-0.2, 0) is 7.05 Å². The van der Waals surface area contributed by atoms with Crippen molar-refractivity contribution >= 4 is 5.97 Å². The summed E-state index contributed by atoms with van der Waals surface area (Å²) >= 11 is 0. The lowest BCUT2D eigenvalue weighted by Crippen LogP contribution is -2.20. The van der Waals surface area contributed by atoms with Gasteiger partial charge in [-0.05, 0) is 6.07 Å². The number of nitrogens with zero attached hydrogens (tertiary/aromatic N) is 2. The second-order valence-electron chi connectivity index (χ2n) is 2.44. The van der Waals surface area contributed by atoms with Gasteiger partial charge in [-0.15, -0.1) is 0 Å². The van der Waals surface area contributed by atoms with E-state index in [2.05, 4.69) is 0 Å². The maximum Gasteiger partial charge on any atom is 0.335 e. The molecule has 1 aromatic heterocycles. The number of rotatable bonds is 1. The Bertz CT molecular complexity index is 453. The molecule has 0 bridgehead atoms. The van der Waals surface area contributed by atoms with Crippen molar-refractivity contribution in [1.82, 2.24) is 4.57 Å². The van der Waals surface area contributed by atoms with Gasteiger partial charge in [-0.3, -0.25) is 4.79 Å². The SMILES string of the molecule is Cn1c(C#N)cc(C(=O)O)cc1=O. The van der Waals surface area contributed by atoms with Gasteiger partial charge in [0.25, 0.3) is 5.56 Å². The number of hydrogen-bond donors (Lipinski definition) is 1. The molecule has 1 N–H and O–H groups in total. The van der Waals surface area contributed by atoms with Crippen LogP contribution in [0.3, 0.4) is 0 Å². The molecule has 13 heavy (non-hydrogen) atoms. The first-order valence-electron chi connectivity index (χ1n) is 3.40. The smallest absolute Gasteiger partial charge is 0.335 e. The summed E-state index contributed by atoms with van der Waals surface area (Å²) in [5.74, 6) is -1.21. The molecule has 1 aromatic rings. The molecule has 0 fully saturated rings. The van der Waals surface area contributed by atoms with E-state index in [0.717, 1.165) is 16.7 Å². The van der Waals surface area contributed by atoms with Crippen LogP contribution in [0.1, 0.15) is 16.1 Å². The van der Waals surface area contributed by atoms with E-state index in [1.807, 2.05) is 0 Å². The molecule has 0 atom stereocenters. The minimum atomic E-state index is -1.21. The standard InChI is InChI=1S/C8H6N2O3/c1-10-6(4-9)2-5(8(12)13)3-7(10)11/h2-3H,1H3,(H,12,13). The minimum Gasteiger partial charge on any atom is -0.478 e. The molecule has 1 heterocycles. The third-order valence-corrected chi connectivity index (χ3v) is 1.62. The van der Waals surface area contributed by atoms with E-state index in [1.165, 1.54) is 7.05 Å². The van der Waals surface area contributed by atoms with Gasteiger partial charge >= 0.3 is 5.97 Å². The van der Waals surface area contributed by atoms with Gasteiger partial charge in [0, 0.05) is 13.1 Å². The van der Waals surface area contributed by atoms with Crippen molar-refractivity contribution in [3.63, 3.8) is 0 Å². The molecular weight excluding hydrogens is 172 g/mol. The second-order valence-corrected chi connectivity index (χ2v) is 2.44. The zero-order valence-corrected chi connectivity index (χ0v) is 6.81. The molecule has 0 aliphatic carbocycles. The van der Waals surface area contributed by atoms with Crippen molar-refractivity contribution in [2.75, 3.05) is 0 Å². The molecular formula is C8H6N2O3. The number of pyridine rings is 1. The average molecular weight is 178 g/mol. The van der Waals surface area contributed by atoms with Crippen LogP contribution in [0, 0.1) is 11.3 Å². The Balaban J connectivity index is 3.50. The third-order valence-electron chi connectivity index (χ3n) is 1.62. The van der Waals surface area contributed by atoms with Gasteiger partial charge in [-0.1, -0.05) is 0 Å². The van der Waals surface area contributed by atoms with Crippen LogP contribution in [0.25, 0.3) is 0 Å². The number of aromatic nitrogens is 1. The predicted molar refractivity (Wildman–Crippen MR) is 43.4 cm³/mol. The minimum absolute atomic E-state index is 0.0323. The van der Waals surface area contributed by atoms with E-state index in [-0.39, 0.29) is 11.3 Å². The summed E-state index contributed by atoms with van der Waals surface area (Å²) in [6.07, 6.45) is 0. The molecule has 0 aliphatic heterocycles. The van der Waals surface area contributed by atoms with Crippen LogP contribution < -0.4 is 5.56 Å². The summed E-state index contributed by atoms with van der Waals surface area (Å²) in [5, 5.41) is 17.1. The summed E-state index contributed by atoms with van der Waals surface area (Å²) < 4.78 is 1.09. The van der Waals surface area contributed by atoms with Crippen LogP contribution in [-0.4, -0.2) is 15.6 Å². The highest BCUT2D eigenvalue weighted by Gasteiger charge is 2.07. The highest BCUT2D eigenvalue weighted by molar-refractivity contribution is 5.87. The lowest BCUT2D eigenvalue weighted by Gasteiger charge is -2.00. The molecule has 0 saturated heterocycles. The molecule has 0 amide bonds. The summed E-state index contributed by atoms with van der Waals surface area (Å²) in [6.45, 7) is 0. The highest BCUT2D eigenvalue weighted by Crippen LogP contribution is 1.99. The van der Waals surface area contributed by atoms with Crippen molar-refractivity contribution in [1.29, 1.82) is 5.26 Å². The van der Waals surface area contributed by atoms with Gasteiger partial charge in [0.15, 0.2) is 0 Å². The maximum atomic E-state index is 11.1. The summed E-state index contributed by atoms with van der Waals surface area (Å²) in [7, 11) is 1.41. The Kier molecular flexibility index (Phi) is 2.15. The van der Waals surface area contributed by atoms with Gasteiger partial charge in [-0.2, -0.15) is 5.26 Å². The molecule has 0 unspecified atom stereocenters. The summed E-state index contributed by atoms with van der Waals surface area (Å²) in [4.78, 5) is 21.5. The number of carboxylic acid groups (broad SMARTS) is 1. The molecule has 0 radical (unpaired) electrons. The summed E-state index contributed by atoms with van der Waals surface area (Å²) in [5.41, 5.74) is -0.638. The first kappa shape index (κ1) is 9.00.